The van der Waals surface area contributed by atoms with Gasteiger partial charge in [0.1, 0.15) is 17.0 Å². The molecule has 2 N–H and O–H groups in total. The first kappa shape index (κ1) is 19.9. The minimum absolute atomic E-state index is 0.121. The molecule has 2 amide bonds. The second kappa shape index (κ2) is 8.17. The number of aromatic amines is 1. The summed E-state index contributed by atoms with van der Waals surface area (Å²) in [4.78, 5) is 34.6. The van der Waals surface area contributed by atoms with Crippen molar-refractivity contribution in [3.05, 3.63) is 34.2 Å². The molecule has 2 aromatic heterocycles. The number of amides is 2. The third-order valence-corrected chi connectivity index (χ3v) is 5.30. The van der Waals surface area contributed by atoms with Crippen LogP contribution in [0.15, 0.2) is 23.0 Å². The monoisotopic (exact) mass is 410 g/mol. The highest BCUT2D eigenvalue weighted by Gasteiger charge is 2.19. The molecule has 3 heterocycles. The smallest absolute Gasteiger partial charge is 0.321 e. The van der Waals surface area contributed by atoms with Gasteiger partial charge in [-0.2, -0.15) is 5.10 Å². The fourth-order valence-corrected chi connectivity index (χ4v) is 3.85. The summed E-state index contributed by atoms with van der Waals surface area (Å²) < 4.78 is 7.34. The van der Waals surface area contributed by atoms with Crippen LogP contribution < -0.4 is 15.6 Å². The van der Waals surface area contributed by atoms with Crippen LogP contribution in [0.4, 0.5) is 10.5 Å². The summed E-state index contributed by atoms with van der Waals surface area (Å²) >= 11 is 0. The Labute approximate surface area is 174 Å². The van der Waals surface area contributed by atoms with E-state index in [9.17, 15) is 9.59 Å². The number of ether oxygens (including phenoxy) is 1. The van der Waals surface area contributed by atoms with E-state index in [-0.39, 0.29) is 11.6 Å². The van der Waals surface area contributed by atoms with E-state index in [2.05, 4.69) is 20.4 Å². The molecule has 0 atom stereocenters. The number of H-pyrrole nitrogens is 1. The molecule has 0 bridgehead atoms. The van der Waals surface area contributed by atoms with Crippen LogP contribution in [0.1, 0.15) is 31.9 Å². The van der Waals surface area contributed by atoms with Crippen molar-refractivity contribution in [2.45, 2.75) is 33.1 Å². The molecule has 0 spiro atoms. The molecule has 1 fully saturated rings. The molecule has 4 rings (SSSR count). The van der Waals surface area contributed by atoms with E-state index in [1.54, 1.807) is 36.9 Å². The summed E-state index contributed by atoms with van der Waals surface area (Å²) in [6.45, 7) is 5.66. The largest absolute Gasteiger partial charge is 0.493 e. The van der Waals surface area contributed by atoms with E-state index in [1.165, 1.54) is 0 Å². The maximum atomic E-state index is 12.7. The lowest BCUT2D eigenvalue weighted by Crippen LogP contribution is -2.38. The van der Waals surface area contributed by atoms with Gasteiger partial charge in [0.15, 0.2) is 5.65 Å². The second-order valence-corrected chi connectivity index (χ2v) is 7.44. The number of carbonyl (C=O) groups excluding carboxylic acids is 1. The average molecular weight is 410 g/mol. The molecule has 1 saturated heterocycles. The van der Waals surface area contributed by atoms with Crippen LogP contribution in [0.5, 0.6) is 5.75 Å². The lowest BCUT2D eigenvalue weighted by atomic mass is 10.1. The molecule has 1 aromatic carbocycles. The van der Waals surface area contributed by atoms with Crippen molar-refractivity contribution < 1.29 is 9.53 Å². The first-order valence-corrected chi connectivity index (χ1v) is 10.2. The molecule has 1 aliphatic heterocycles. The lowest BCUT2D eigenvalue weighted by Gasteiger charge is -2.27. The number of nitrogens with zero attached hydrogens (tertiary/aromatic N) is 4. The molecule has 0 unspecified atom stereocenters. The van der Waals surface area contributed by atoms with Crippen molar-refractivity contribution >= 4 is 22.8 Å². The molecule has 1 aliphatic rings. The van der Waals surface area contributed by atoms with Gasteiger partial charge in [0.05, 0.1) is 17.9 Å². The van der Waals surface area contributed by atoms with Gasteiger partial charge in [-0.3, -0.25) is 4.79 Å². The zero-order valence-corrected chi connectivity index (χ0v) is 17.5. The summed E-state index contributed by atoms with van der Waals surface area (Å²) in [6.07, 6.45) is 3.21. The number of carbonyl (C=O) groups is 1. The molecule has 0 saturated carbocycles. The number of likely N-dealkylation sites (tertiary alicyclic amines) is 1. The highest BCUT2D eigenvalue weighted by Crippen LogP contribution is 2.31. The zero-order chi connectivity index (χ0) is 21.3. The van der Waals surface area contributed by atoms with Crippen molar-refractivity contribution in [2.75, 3.05) is 25.0 Å². The van der Waals surface area contributed by atoms with Crippen LogP contribution in [-0.2, 0) is 7.05 Å². The predicted molar refractivity (Wildman–Crippen MR) is 115 cm³/mol. The molecule has 3 aromatic rings. The number of hydrogen-bond acceptors (Lipinski definition) is 5. The summed E-state index contributed by atoms with van der Waals surface area (Å²) in [5, 5.41) is 7.71. The number of benzene rings is 1. The van der Waals surface area contributed by atoms with Crippen molar-refractivity contribution in [1.82, 2.24) is 24.6 Å². The second-order valence-electron chi connectivity index (χ2n) is 7.44. The number of hydrogen-bond donors (Lipinski definition) is 2. The van der Waals surface area contributed by atoms with E-state index in [4.69, 9.17) is 4.74 Å². The van der Waals surface area contributed by atoms with E-state index in [0.29, 0.717) is 46.2 Å². The SMILES string of the molecule is CCOc1ccc(NC(=O)N2CCCCC2)cc1-c1nc2c(c(C)nn2C)c(=O)[nH]1. The summed E-state index contributed by atoms with van der Waals surface area (Å²) in [5.41, 5.74) is 2.08. The number of anilines is 1. The number of rotatable bonds is 4. The molecule has 158 valence electrons. The highest BCUT2D eigenvalue weighted by molar-refractivity contribution is 5.90. The maximum Gasteiger partial charge on any atom is 0.321 e. The third-order valence-electron chi connectivity index (χ3n) is 5.30. The van der Waals surface area contributed by atoms with Crippen LogP contribution in [0.3, 0.4) is 0 Å². The van der Waals surface area contributed by atoms with Gasteiger partial charge >= 0.3 is 6.03 Å². The Hall–Kier alpha value is -3.36. The van der Waals surface area contributed by atoms with Crippen molar-refractivity contribution in [2.24, 2.45) is 7.05 Å². The van der Waals surface area contributed by atoms with Gasteiger partial charge in [-0.1, -0.05) is 0 Å². The number of aryl methyl sites for hydroxylation is 2. The maximum absolute atomic E-state index is 12.7. The first-order valence-electron chi connectivity index (χ1n) is 10.2. The van der Waals surface area contributed by atoms with Crippen LogP contribution in [-0.4, -0.2) is 50.4 Å². The van der Waals surface area contributed by atoms with Crippen molar-refractivity contribution in [3.8, 4) is 17.1 Å². The number of aromatic nitrogens is 4. The minimum Gasteiger partial charge on any atom is -0.493 e. The quantitative estimate of drug-likeness (QED) is 0.688. The first-order chi connectivity index (χ1) is 14.5. The van der Waals surface area contributed by atoms with Gasteiger partial charge in [-0.05, 0) is 51.3 Å². The third kappa shape index (κ3) is 3.74. The summed E-state index contributed by atoms with van der Waals surface area (Å²) in [6, 6.07) is 5.23. The zero-order valence-electron chi connectivity index (χ0n) is 17.5. The van der Waals surface area contributed by atoms with E-state index >= 15 is 0 Å². The van der Waals surface area contributed by atoms with Gasteiger partial charge in [-0.15, -0.1) is 0 Å². The normalized spacial score (nSPS) is 14.2. The minimum atomic E-state index is -0.259. The molecule has 9 nitrogen and oxygen atoms in total. The van der Waals surface area contributed by atoms with Gasteiger partial charge < -0.3 is 19.9 Å². The highest BCUT2D eigenvalue weighted by atomic mass is 16.5. The lowest BCUT2D eigenvalue weighted by molar-refractivity contribution is 0.200. The van der Waals surface area contributed by atoms with Crippen LogP contribution in [0, 0.1) is 6.92 Å². The Bertz CT molecular complexity index is 1140. The Morgan fingerprint density at radius 3 is 2.77 bits per heavy atom. The number of urea groups is 1. The molecule has 30 heavy (non-hydrogen) atoms. The Morgan fingerprint density at radius 2 is 2.03 bits per heavy atom. The fraction of sp³-hybridized carbons (Fsp3) is 0.429. The number of fused-ring (bicyclic) bond motifs is 1. The average Bonchev–Trinajstić information content (AvgIpc) is 3.03. The summed E-state index contributed by atoms with van der Waals surface area (Å²) in [5.74, 6) is 0.947. The fourth-order valence-electron chi connectivity index (χ4n) is 3.85. The van der Waals surface area contributed by atoms with E-state index < -0.39 is 0 Å². The van der Waals surface area contributed by atoms with Gasteiger partial charge in [0, 0.05) is 25.8 Å². The molecular formula is C21H26N6O3. The topological polar surface area (TPSA) is 105 Å². The Balaban J connectivity index is 1.73. The van der Waals surface area contributed by atoms with Crippen LogP contribution in [0.25, 0.3) is 22.4 Å². The molecule has 0 aliphatic carbocycles. The van der Waals surface area contributed by atoms with Crippen LogP contribution >= 0.6 is 0 Å². The van der Waals surface area contributed by atoms with Gasteiger partial charge in [0.25, 0.3) is 5.56 Å². The van der Waals surface area contributed by atoms with E-state index in [1.807, 2.05) is 11.8 Å². The number of nitrogens with one attached hydrogen (secondary N) is 2. The Morgan fingerprint density at radius 1 is 1.27 bits per heavy atom. The number of piperidine rings is 1. The Kier molecular flexibility index (Phi) is 5.43. The van der Waals surface area contributed by atoms with Gasteiger partial charge in [-0.25, -0.2) is 14.5 Å². The molecular weight excluding hydrogens is 384 g/mol. The molecule has 9 heteroatoms. The van der Waals surface area contributed by atoms with Crippen molar-refractivity contribution in [1.29, 1.82) is 0 Å². The van der Waals surface area contributed by atoms with Crippen LogP contribution in [0.2, 0.25) is 0 Å². The molecule has 0 radical (unpaired) electrons. The van der Waals surface area contributed by atoms with Crippen molar-refractivity contribution in [3.63, 3.8) is 0 Å². The van der Waals surface area contributed by atoms with E-state index in [0.717, 1.165) is 32.4 Å². The standard InChI is InChI=1S/C21H26N6O3/c1-4-30-16-9-8-14(22-21(29)27-10-6-5-7-11-27)12-15(16)18-23-19-17(20(28)24-18)13(2)25-26(19)3/h8-9,12H,4-7,10-11H2,1-3H3,(H,22,29)(H,23,24,28). The predicted octanol–water partition coefficient (Wildman–Crippen LogP) is 3.05. The van der Waals surface area contributed by atoms with Gasteiger partial charge in [0.2, 0.25) is 0 Å². The summed E-state index contributed by atoms with van der Waals surface area (Å²) in [7, 11) is 1.75.